The van der Waals surface area contributed by atoms with Crippen molar-refractivity contribution in [2.75, 3.05) is 41.0 Å². The smallest absolute Gasteiger partial charge is 0.292 e. The Balaban J connectivity index is 3.92. The standard InChI is InChI=1S/C6H15N9O4/c1-12(2)14(16)10-18-6-19-11-15(17)13(3)5-4-8-9-7/h4-6H2,1-3H3. The maximum Gasteiger partial charge on any atom is 0.292 e. The summed E-state index contributed by atoms with van der Waals surface area (Å²) in [5, 5.41) is 33.6. The summed E-state index contributed by atoms with van der Waals surface area (Å²) in [6, 6.07) is 0. The van der Waals surface area contributed by atoms with Crippen LogP contribution in [0.15, 0.2) is 15.7 Å². The van der Waals surface area contributed by atoms with Crippen LogP contribution in [-0.4, -0.2) is 61.0 Å². The van der Waals surface area contributed by atoms with E-state index in [1.165, 1.54) is 21.1 Å². The third-order valence-electron chi connectivity index (χ3n) is 1.58. The number of likely N-dealkylation sites (N-methyl/N-ethyl adjacent to an activating group) is 1. The fourth-order valence-electron chi connectivity index (χ4n) is 0.625. The van der Waals surface area contributed by atoms with Gasteiger partial charge in [-0.15, -0.1) is 5.01 Å². The number of nitrogens with zero attached hydrogens (tertiary/aromatic N) is 9. The van der Waals surface area contributed by atoms with Crippen LogP contribution in [0.1, 0.15) is 0 Å². The molecule has 0 N–H and O–H groups in total. The first-order chi connectivity index (χ1) is 8.99. The molecule has 0 saturated carbocycles. The molecule has 0 fully saturated rings. The van der Waals surface area contributed by atoms with Gasteiger partial charge in [0.1, 0.15) is 0 Å². The van der Waals surface area contributed by atoms with Gasteiger partial charge in [-0.1, -0.05) is 5.11 Å². The zero-order chi connectivity index (χ0) is 14.7. The van der Waals surface area contributed by atoms with Crippen molar-refractivity contribution in [2.45, 2.75) is 0 Å². The Morgan fingerprint density at radius 1 is 1.16 bits per heavy atom. The normalized spacial score (nSPS) is 11.5. The first kappa shape index (κ1) is 16.3. The summed E-state index contributed by atoms with van der Waals surface area (Å²) in [6.45, 7) is -0.225. The lowest BCUT2D eigenvalue weighted by Gasteiger charge is -2.10. The van der Waals surface area contributed by atoms with E-state index in [0.29, 0.717) is 0 Å². The summed E-state index contributed by atoms with van der Waals surface area (Å²) in [5.74, 6) is 0. The Kier molecular flexibility index (Phi) is 8.03. The minimum atomic E-state index is -0.504. The Bertz CT molecular complexity index is 364. The lowest BCUT2D eigenvalue weighted by molar-refractivity contribution is -0.711. The highest BCUT2D eigenvalue weighted by atomic mass is 16.8. The molecule has 19 heavy (non-hydrogen) atoms. The molecule has 0 spiro atoms. The fourth-order valence-corrected chi connectivity index (χ4v) is 0.625. The van der Waals surface area contributed by atoms with E-state index in [4.69, 9.17) is 5.53 Å². The first-order valence-electron chi connectivity index (χ1n) is 4.98. The van der Waals surface area contributed by atoms with Gasteiger partial charge in [-0.2, -0.15) is 5.01 Å². The summed E-state index contributed by atoms with van der Waals surface area (Å²) in [6.07, 6.45) is 0. The molecule has 108 valence electrons. The first-order valence-corrected chi connectivity index (χ1v) is 4.98. The second kappa shape index (κ2) is 9.35. The maximum absolute atomic E-state index is 11.2. The Morgan fingerprint density at radius 3 is 2.26 bits per heavy atom. The molecule has 0 aromatic carbocycles. The van der Waals surface area contributed by atoms with Crippen LogP contribution in [0.2, 0.25) is 0 Å². The highest BCUT2D eigenvalue weighted by molar-refractivity contribution is 4.46. The summed E-state index contributed by atoms with van der Waals surface area (Å²) in [7, 11) is 4.34. The van der Waals surface area contributed by atoms with Gasteiger partial charge in [-0.3, -0.25) is 9.68 Å². The third kappa shape index (κ3) is 8.09. The van der Waals surface area contributed by atoms with Gasteiger partial charge in [0.2, 0.25) is 10.6 Å². The predicted molar refractivity (Wildman–Crippen MR) is 59.5 cm³/mol. The van der Waals surface area contributed by atoms with E-state index in [9.17, 15) is 10.4 Å². The lowest BCUT2D eigenvalue weighted by Crippen LogP contribution is -2.28. The van der Waals surface area contributed by atoms with Gasteiger partial charge in [0.05, 0.1) is 37.6 Å². The van der Waals surface area contributed by atoms with E-state index >= 15 is 0 Å². The summed E-state index contributed by atoms with van der Waals surface area (Å²) < 4.78 is 0. The van der Waals surface area contributed by atoms with Gasteiger partial charge in [0, 0.05) is 11.5 Å². The molecule has 0 bridgehead atoms. The highest BCUT2D eigenvalue weighted by Gasteiger charge is 2.05. The van der Waals surface area contributed by atoms with Gasteiger partial charge in [-0.05, 0) is 5.53 Å². The minimum absolute atomic E-state index is 0.112. The molecule has 0 radical (unpaired) electrons. The molecule has 0 aromatic rings. The number of hydrazine groups is 2. The van der Waals surface area contributed by atoms with Crippen molar-refractivity contribution >= 4 is 0 Å². The third-order valence-corrected chi connectivity index (χ3v) is 1.58. The predicted octanol–water partition coefficient (Wildman–Crippen LogP) is 0.366. The van der Waals surface area contributed by atoms with Gasteiger partial charge in [0.25, 0.3) is 6.79 Å². The van der Waals surface area contributed by atoms with E-state index in [0.717, 1.165) is 10.0 Å². The molecular formula is C6H15N9O4. The van der Waals surface area contributed by atoms with Crippen LogP contribution in [0, 0.1) is 10.4 Å². The second-order valence-electron chi connectivity index (χ2n) is 3.23. The SMILES string of the molecule is CN(C)[N+]([O-])=NOCON=[N+]([O-])N(C)CCN=[N+]=[N-]. The van der Waals surface area contributed by atoms with Crippen molar-refractivity contribution in [1.29, 1.82) is 0 Å². The molecule has 13 heteroatoms. The molecule has 0 amide bonds. The number of hydrogen-bond acceptors (Lipinski definition) is 7. The van der Waals surface area contributed by atoms with Crippen LogP contribution in [0.4, 0.5) is 0 Å². The molecule has 0 aromatic heterocycles. The maximum atomic E-state index is 11.2. The Morgan fingerprint density at radius 2 is 1.74 bits per heavy atom. The van der Waals surface area contributed by atoms with Crippen LogP contribution in [0.25, 0.3) is 10.4 Å². The van der Waals surface area contributed by atoms with Crippen molar-refractivity contribution in [3.05, 3.63) is 20.9 Å². The Hall–Kier alpha value is -2.69. The molecule has 0 rings (SSSR count). The van der Waals surface area contributed by atoms with E-state index < -0.39 is 6.79 Å². The molecule has 0 saturated heterocycles. The average Bonchev–Trinajstić information content (AvgIpc) is 2.37. The van der Waals surface area contributed by atoms with Crippen molar-refractivity contribution in [3.8, 4) is 0 Å². The summed E-state index contributed by atoms with van der Waals surface area (Å²) in [5.41, 5.74) is 8.04. The van der Waals surface area contributed by atoms with E-state index in [1.54, 1.807) is 0 Å². The largest absolute Gasteiger partial charge is 0.569 e. The molecule has 0 unspecified atom stereocenters. The van der Waals surface area contributed by atoms with Crippen LogP contribution >= 0.6 is 0 Å². The van der Waals surface area contributed by atoms with E-state index in [2.05, 4.69) is 30.3 Å². The molecule has 13 nitrogen and oxygen atoms in total. The zero-order valence-electron chi connectivity index (χ0n) is 10.8. The van der Waals surface area contributed by atoms with Crippen LogP contribution < -0.4 is 0 Å². The zero-order valence-corrected chi connectivity index (χ0v) is 10.8. The highest BCUT2D eigenvalue weighted by Crippen LogP contribution is 1.89. The second-order valence-corrected chi connectivity index (χ2v) is 3.23. The van der Waals surface area contributed by atoms with Gasteiger partial charge < -0.3 is 10.4 Å². The number of hydrogen-bond donors (Lipinski definition) is 0. The van der Waals surface area contributed by atoms with Crippen molar-refractivity contribution in [3.63, 3.8) is 0 Å². The topological polar surface area (TPSA) is 151 Å². The molecule has 0 aliphatic carbocycles. The molecule has 0 atom stereocenters. The van der Waals surface area contributed by atoms with Crippen molar-refractivity contribution in [2.24, 2.45) is 15.7 Å². The Labute approximate surface area is 108 Å². The quantitative estimate of drug-likeness (QED) is 0.113. The molecule has 0 aliphatic heterocycles. The average molecular weight is 277 g/mol. The molecule has 0 aliphatic rings. The minimum Gasteiger partial charge on any atom is -0.569 e. The summed E-state index contributed by atoms with van der Waals surface area (Å²) in [4.78, 5) is 11.7. The van der Waals surface area contributed by atoms with E-state index in [-0.39, 0.29) is 23.0 Å². The van der Waals surface area contributed by atoms with E-state index in [1.807, 2.05) is 0 Å². The van der Waals surface area contributed by atoms with Crippen LogP contribution in [-0.2, 0) is 9.68 Å². The van der Waals surface area contributed by atoms with Crippen molar-refractivity contribution < 1.29 is 19.6 Å². The fraction of sp³-hybridized carbons (Fsp3) is 1.00. The number of rotatable bonds is 9. The van der Waals surface area contributed by atoms with Gasteiger partial charge in [0.15, 0.2) is 0 Å². The molecule has 0 heterocycles. The van der Waals surface area contributed by atoms with Crippen molar-refractivity contribution in [1.82, 2.24) is 10.0 Å². The molecular weight excluding hydrogens is 262 g/mol. The number of azide groups is 1. The van der Waals surface area contributed by atoms with Crippen LogP contribution in [0.5, 0.6) is 0 Å². The van der Waals surface area contributed by atoms with Gasteiger partial charge in [-0.25, -0.2) is 0 Å². The van der Waals surface area contributed by atoms with Gasteiger partial charge >= 0.3 is 0 Å². The monoisotopic (exact) mass is 277 g/mol. The van der Waals surface area contributed by atoms with Crippen LogP contribution in [0.3, 0.4) is 0 Å². The lowest BCUT2D eigenvalue weighted by atomic mass is 10.6. The summed E-state index contributed by atoms with van der Waals surface area (Å²) >= 11 is 0.